The Morgan fingerprint density at radius 2 is 1.74 bits per heavy atom. The van der Waals surface area contributed by atoms with Gasteiger partial charge in [0.1, 0.15) is 0 Å². The molecule has 114 valence electrons. The van der Waals surface area contributed by atoms with Crippen molar-refractivity contribution in [2.45, 2.75) is 32.4 Å². The maximum Gasteiger partial charge on any atom is 0.279 e. The van der Waals surface area contributed by atoms with E-state index in [-0.39, 0.29) is 12.1 Å². The van der Waals surface area contributed by atoms with E-state index in [2.05, 4.69) is 42.5 Å². The third kappa shape index (κ3) is 4.68. The summed E-state index contributed by atoms with van der Waals surface area (Å²) in [5.74, 6) is 0. The van der Waals surface area contributed by atoms with Crippen molar-refractivity contribution < 1.29 is 8.42 Å². The molecule has 6 nitrogen and oxygen atoms in total. The van der Waals surface area contributed by atoms with Crippen LogP contribution < -0.4 is 4.72 Å². The second-order valence-corrected chi connectivity index (χ2v) is 7.49. The van der Waals surface area contributed by atoms with Gasteiger partial charge in [-0.25, -0.2) is 4.72 Å². The topological polar surface area (TPSA) is 55.9 Å². The van der Waals surface area contributed by atoms with E-state index in [9.17, 15) is 8.42 Å². The lowest BCUT2D eigenvalue weighted by Gasteiger charge is -2.43. The van der Waals surface area contributed by atoms with E-state index in [1.165, 1.54) is 7.05 Å². The zero-order valence-electron chi connectivity index (χ0n) is 12.8. The Morgan fingerprint density at radius 3 is 2.16 bits per heavy atom. The average Bonchev–Trinajstić information content (AvgIpc) is 2.32. The van der Waals surface area contributed by atoms with Gasteiger partial charge in [0.2, 0.25) is 0 Å². The van der Waals surface area contributed by atoms with Gasteiger partial charge in [0.15, 0.2) is 0 Å². The van der Waals surface area contributed by atoms with Crippen LogP contribution in [0, 0.1) is 0 Å². The number of nitrogens with one attached hydrogen (secondary N) is 1. The van der Waals surface area contributed by atoms with Crippen molar-refractivity contribution in [2.75, 3.05) is 47.3 Å². The minimum absolute atomic E-state index is 0.258. The minimum Gasteiger partial charge on any atom is -0.309 e. The molecule has 1 fully saturated rings. The lowest BCUT2D eigenvalue weighted by Crippen LogP contribution is -2.59. The molecule has 0 aromatic carbocycles. The van der Waals surface area contributed by atoms with E-state index < -0.39 is 10.2 Å². The van der Waals surface area contributed by atoms with Crippen LogP contribution in [0.2, 0.25) is 0 Å². The quantitative estimate of drug-likeness (QED) is 0.736. The highest BCUT2D eigenvalue weighted by Crippen LogP contribution is 2.17. The molecular weight excluding hydrogens is 264 g/mol. The molecule has 19 heavy (non-hydrogen) atoms. The van der Waals surface area contributed by atoms with Crippen molar-refractivity contribution in [2.24, 2.45) is 0 Å². The highest BCUT2D eigenvalue weighted by Gasteiger charge is 2.34. The first-order valence-electron chi connectivity index (χ1n) is 6.87. The average molecular weight is 292 g/mol. The Morgan fingerprint density at radius 1 is 1.21 bits per heavy atom. The molecule has 7 heteroatoms. The summed E-state index contributed by atoms with van der Waals surface area (Å²) < 4.78 is 27.6. The molecule has 0 radical (unpaired) electrons. The van der Waals surface area contributed by atoms with Gasteiger partial charge >= 0.3 is 0 Å². The summed E-state index contributed by atoms with van der Waals surface area (Å²) in [6, 6.07) is 0.517. The van der Waals surface area contributed by atoms with Crippen LogP contribution in [0.1, 0.15) is 20.3 Å². The number of rotatable bonds is 6. The van der Waals surface area contributed by atoms with Crippen LogP contribution in [0.25, 0.3) is 0 Å². The van der Waals surface area contributed by atoms with E-state index in [0.717, 1.165) is 19.5 Å². The molecule has 0 saturated carbocycles. The largest absolute Gasteiger partial charge is 0.309 e. The van der Waals surface area contributed by atoms with Crippen molar-refractivity contribution >= 4 is 10.2 Å². The molecule has 1 aliphatic heterocycles. The molecule has 1 heterocycles. The molecule has 0 aliphatic carbocycles. The number of hydrogen-bond donors (Lipinski definition) is 1. The van der Waals surface area contributed by atoms with E-state index in [1.807, 2.05) is 0 Å². The van der Waals surface area contributed by atoms with Gasteiger partial charge in [-0.15, -0.1) is 0 Å². The Bertz CT molecular complexity index is 360. The highest BCUT2D eigenvalue weighted by atomic mass is 32.2. The molecular formula is C12H28N4O2S. The van der Waals surface area contributed by atoms with Crippen LogP contribution in [0.5, 0.6) is 0 Å². The van der Waals surface area contributed by atoms with Crippen molar-refractivity contribution in [3.63, 3.8) is 0 Å². The highest BCUT2D eigenvalue weighted by molar-refractivity contribution is 7.87. The van der Waals surface area contributed by atoms with Gasteiger partial charge in [0.05, 0.1) is 0 Å². The lowest BCUT2D eigenvalue weighted by molar-refractivity contribution is 0.0736. The predicted octanol–water partition coefficient (Wildman–Crippen LogP) is -0.203. The molecule has 0 aromatic rings. The SMILES string of the molecule is CNS(=O)(=O)N1CC(C)N(CCCN(C)C)C(C)C1. The van der Waals surface area contributed by atoms with Gasteiger partial charge in [-0.2, -0.15) is 12.7 Å². The zero-order valence-corrected chi connectivity index (χ0v) is 13.6. The summed E-state index contributed by atoms with van der Waals surface area (Å²) in [7, 11) is 2.32. The van der Waals surface area contributed by atoms with Crippen LogP contribution in [0.4, 0.5) is 0 Å². The zero-order chi connectivity index (χ0) is 14.6. The molecule has 0 spiro atoms. The fourth-order valence-electron chi connectivity index (χ4n) is 2.64. The van der Waals surface area contributed by atoms with Gasteiger partial charge in [0, 0.05) is 38.8 Å². The first-order chi connectivity index (χ1) is 8.77. The standard InChI is InChI=1S/C12H28N4O2S/c1-11-9-15(19(17,18)13-3)10-12(2)16(11)8-6-7-14(4)5/h11-13H,6-10H2,1-5H3. The third-order valence-electron chi connectivity index (χ3n) is 3.69. The molecule has 0 aromatic heterocycles. The van der Waals surface area contributed by atoms with Crippen LogP contribution in [0.15, 0.2) is 0 Å². The normalized spacial score (nSPS) is 27.1. The Kier molecular flexibility index (Phi) is 6.19. The second-order valence-electron chi connectivity index (χ2n) is 5.62. The number of hydrogen-bond acceptors (Lipinski definition) is 4. The van der Waals surface area contributed by atoms with E-state index >= 15 is 0 Å². The smallest absolute Gasteiger partial charge is 0.279 e. The summed E-state index contributed by atoms with van der Waals surface area (Å²) in [6.45, 7) is 7.42. The lowest BCUT2D eigenvalue weighted by atomic mass is 10.1. The second kappa shape index (κ2) is 6.99. The molecule has 0 amide bonds. The summed E-state index contributed by atoms with van der Waals surface area (Å²) in [6.07, 6.45) is 1.11. The maximum absolute atomic E-state index is 11.8. The monoisotopic (exact) mass is 292 g/mol. The molecule has 1 saturated heterocycles. The Labute approximate surface area is 117 Å². The summed E-state index contributed by atoms with van der Waals surface area (Å²) in [4.78, 5) is 4.59. The minimum atomic E-state index is -3.30. The van der Waals surface area contributed by atoms with Crippen molar-refractivity contribution in [3.05, 3.63) is 0 Å². The fraction of sp³-hybridized carbons (Fsp3) is 1.00. The molecule has 2 unspecified atom stereocenters. The van der Waals surface area contributed by atoms with Crippen LogP contribution in [-0.2, 0) is 10.2 Å². The molecule has 2 atom stereocenters. The van der Waals surface area contributed by atoms with Gasteiger partial charge in [-0.05, 0) is 40.9 Å². The number of piperazine rings is 1. The van der Waals surface area contributed by atoms with Gasteiger partial charge in [0.25, 0.3) is 10.2 Å². The molecule has 1 N–H and O–H groups in total. The van der Waals surface area contributed by atoms with Crippen molar-refractivity contribution in [1.82, 2.24) is 18.8 Å². The Hall–Kier alpha value is -0.210. The molecule has 1 rings (SSSR count). The summed E-state index contributed by atoms with van der Waals surface area (Å²) in [5, 5.41) is 0. The van der Waals surface area contributed by atoms with E-state index in [0.29, 0.717) is 13.1 Å². The van der Waals surface area contributed by atoms with Crippen molar-refractivity contribution in [1.29, 1.82) is 0 Å². The molecule has 0 bridgehead atoms. The van der Waals surface area contributed by atoms with Gasteiger partial charge in [-0.3, -0.25) is 4.90 Å². The van der Waals surface area contributed by atoms with Crippen LogP contribution in [0.3, 0.4) is 0 Å². The summed E-state index contributed by atoms with van der Waals surface area (Å²) >= 11 is 0. The number of nitrogens with zero attached hydrogens (tertiary/aromatic N) is 3. The first-order valence-corrected chi connectivity index (χ1v) is 8.31. The third-order valence-corrected chi connectivity index (χ3v) is 5.18. The fourth-order valence-corrected chi connectivity index (χ4v) is 3.73. The maximum atomic E-state index is 11.8. The van der Waals surface area contributed by atoms with Crippen LogP contribution in [-0.4, -0.2) is 81.9 Å². The van der Waals surface area contributed by atoms with Crippen molar-refractivity contribution in [3.8, 4) is 0 Å². The van der Waals surface area contributed by atoms with E-state index in [4.69, 9.17) is 0 Å². The predicted molar refractivity (Wildman–Crippen MR) is 78.4 cm³/mol. The summed E-state index contributed by atoms with van der Waals surface area (Å²) in [5.41, 5.74) is 0. The van der Waals surface area contributed by atoms with Crippen LogP contribution >= 0.6 is 0 Å². The van der Waals surface area contributed by atoms with Gasteiger partial charge < -0.3 is 4.90 Å². The Balaban J connectivity index is 2.57. The molecule has 1 aliphatic rings. The van der Waals surface area contributed by atoms with E-state index in [1.54, 1.807) is 4.31 Å². The van der Waals surface area contributed by atoms with Gasteiger partial charge in [-0.1, -0.05) is 0 Å². The first kappa shape index (κ1) is 16.8.